The smallest absolute Gasteiger partial charge is 0.194 e. The van der Waals surface area contributed by atoms with Crippen molar-refractivity contribution in [1.29, 1.82) is 0 Å². The molecule has 2 aromatic rings. The quantitative estimate of drug-likeness (QED) is 0.388. The molecule has 2 aromatic heterocycles. The van der Waals surface area contributed by atoms with E-state index in [1.165, 1.54) is 47.7 Å². The van der Waals surface area contributed by atoms with Crippen LogP contribution in [0.3, 0.4) is 0 Å². The Labute approximate surface area is 181 Å². The molecule has 0 radical (unpaired) electrons. The lowest BCUT2D eigenvalue weighted by Gasteiger charge is -2.21. The first-order valence-electron chi connectivity index (χ1n) is 9.44. The SMILES string of the molecule is Cc1nnc(CN=C(NC2CC2)N(C)Cc2nc3c(s2)CCCC3)n1C.I. The van der Waals surface area contributed by atoms with E-state index >= 15 is 0 Å². The van der Waals surface area contributed by atoms with Gasteiger partial charge in [0.15, 0.2) is 11.8 Å². The Bertz CT molecular complexity index is 785. The Balaban J connectivity index is 0.00000210. The molecule has 0 atom stereocenters. The van der Waals surface area contributed by atoms with Crippen molar-refractivity contribution < 1.29 is 0 Å². The summed E-state index contributed by atoms with van der Waals surface area (Å²) in [5, 5.41) is 13.1. The summed E-state index contributed by atoms with van der Waals surface area (Å²) in [4.78, 5) is 13.4. The van der Waals surface area contributed by atoms with Crippen molar-refractivity contribution in [2.75, 3.05) is 7.05 Å². The van der Waals surface area contributed by atoms with Crippen molar-refractivity contribution in [3.05, 3.63) is 27.2 Å². The van der Waals surface area contributed by atoms with Gasteiger partial charge in [-0.05, 0) is 45.4 Å². The molecule has 7 nitrogen and oxygen atoms in total. The van der Waals surface area contributed by atoms with Crippen LogP contribution < -0.4 is 5.32 Å². The average Bonchev–Trinajstić information content (AvgIpc) is 3.27. The molecule has 0 saturated heterocycles. The molecule has 1 N–H and O–H groups in total. The van der Waals surface area contributed by atoms with Crippen molar-refractivity contribution in [3.63, 3.8) is 0 Å². The largest absolute Gasteiger partial charge is 0.353 e. The second-order valence-electron chi connectivity index (χ2n) is 7.32. The summed E-state index contributed by atoms with van der Waals surface area (Å²) in [7, 11) is 4.08. The summed E-state index contributed by atoms with van der Waals surface area (Å²) in [6, 6.07) is 0.557. The number of nitrogens with zero attached hydrogens (tertiary/aromatic N) is 6. The van der Waals surface area contributed by atoms with E-state index in [2.05, 4.69) is 27.5 Å². The van der Waals surface area contributed by atoms with Gasteiger partial charge in [0.2, 0.25) is 0 Å². The van der Waals surface area contributed by atoms with Gasteiger partial charge in [0.25, 0.3) is 0 Å². The molecule has 148 valence electrons. The molecule has 2 aliphatic carbocycles. The zero-order valence-electron chi connectivity index (χ0n) is 16.2. The van der Waals surface area contributed by atoms with E-state index in [-0.39, 0.29) is 24.0 Å². The monoisotopic (exact) mass is 501 g/mol. The number of hydrogen-bond acceptors (Lipinski definition) is 5. The molecule has 0 spiro atoms. The highest BCUT2D eigenvalue weighted by Gasteiger charge is 2.24. The molecule has 4 rings (SSSR count). The van der Waals surface area contributed by atoms with Gasteiger partial charge in [-0.3, -0.25) is 0 Å². The van der Waals surface area contributed by atoms with Gasteiger partial charge in [-0.1, -0.05) is 0 Å². The fraction of sp³-hybridized carbons (Fsp3) is 0.667. The molecule has 27 heavy (non-hydrogen) atoms. The van der Waals surface area contributed by atoms with Gasteiger partial charge in [-0.2, -0.15) is 0 Å². The second kappa shape index (κ2) is 8.85. The molecule has 0 aromatic carbocycles. The van der Waals surface area contributed by atoms with Crippen LogP contribution in [0.25, 0.3) is 0 Å². The standard InChI is InChI=1S/C18H27N7S.HI/c1-12-22-23-16(25(12)3)10-19-18(20-13-8-9-13)24(2)11-17-21-14-6-4-5-7-15(14)26-17;/h13H,4-11H2,1-3H3,(H,19,20);1H. The maximum atomic E-state index is 4.87. The number of aliphatic imine (C=N–C) groups is 1. The van der Waals surface area contributed by atoms with Crippen LogP contribution in [-0.4, -0.2) is 43.7 Å². The van der Waals surface area contributed by atoms with Crippen LogP contribution in [0, 0.1) is 6.92 Å². The van der Waals surface area contributed by atoms with E-state index in [9.17, 15) is 0 Å². The number of rotatable bonds is 5. The highest BCUT2D eigenvalue weighted by molar-refractivity contribution is 14.0. The van der Waals surface area contributed by atoms with Crippen LogP contribution in [0.15, 0.2) is 4.99 Å². The first-order chi connectivity index (χ1) is 12.6. The van der Waals surface area contributed by atoms with Gasteiger partial charge in [0.05, 0.1) is 12.2 Å². The molecule has 9 heteroatoms. The molecule has 0 amide bonds. The van der Waals surface area contributed by atoms with Crippen molar-refractivity contribution in [2.45, 2.75) is 64.6 Å². The number of nitrogens with one attached hydrogen (secondary N) is 1. The Morgan fingerprint density at radius 1 is 1.30 bits per heavy atom. The van der Waals surface area contributed by atoms with E-state index in [1.54, 1.807) is 0 Å². The van der Waals surface area contributed by atoms with Crippen molar-refractivity contribution in [2.24, 2.45) is 12.0 Å². The predicted octanol–water partition coefficient (Wildman–Crippen LogP) is 2.82. The van der Waals surface area contributed by atoms with Crippen molar-refractivity contribution >= 4 is 41.3 Å². The predicted molar refractivity (Wildman–Crippen MR) is 119 cm³/mol. The zero-order valence-corrected chi connectivity index (χ0v) is 19.4. The van der Waals surface area contributed by atoms with Gasteiger partial charge < -0.3 is 14.8 Å². The second-order valence-corrected chi connectivity index (χ2v) is 8.49. The van der Waals surface area contributed by atoms with Crippen LogP contribution >= 0.6 is 35.3 Å². The number of aromatic nitrogens is 4. The van der Waals surface area contributed by atoms with Crippen molar-refractivity contribution in [1.82, 2.24) is 30.0 Å². The maximum Gasteiger partial charge on any atom is 0.194 e. The van der Waals surface area contributed by atoms with Gasteiger partial charge in [0, 0.05) is 25.0 Å². The van der Waals surface area contributed by atoms with Crippen molar-refractivity contribution in [3.8, 4) is 0 Å². The third kappa shape index (κ3) is 4.98. The molecular formula is C18H28IN7S. The minimum absolute atomic E-state index is 0. The lowest BCUT2D eigenvalue weighted by molar-refractivity contribution is 0.471. The molecule has 0 bridgehead atoms. The third-order valence-corrected chi connectivity index (χ3v) is 6.23. The first-order valence-corrected chi connectivity index (χ1v) is 10.3. The molecule has 0 aliphatic heterocycles. The van der Waals surface area contributed by atoms with Crippen LogP contribution in [0.2, 0.25) is 0 Å². The molecule has 2 aliphatic rings. The van der Waals surface area contributed by atoms with Crippen LogP contribution in [-0.2, 0) is 33.0 Å². The summed E-state index contributed by atoms with van der Waals surface area (Å²) in [6.45, 7) is 3.29. The normalized spacial score (nSPS) is 16.6. The zero-order chi connectivity index (χ0) is 18.1. The number of halogens is 1. The minimum atomic E-state index is 0. The van der Waals surface area contributed by atoms with E-state index in [4.69, 9.17) is 9.98 Å². The summed E-state index contributed by atoms with van der Waals surface area (Å²) in [5.74, 6) is 2.73. The Morgan fingerprint density at radius 2 is 2.07 bits per heavy atom. The van der Waals surface area contributed by atoms with Gasteiger partial charge in [-0.25, -0.2) is 9.98 Å². The number of fused-ring (bicyclic) bond motifs is 1. The van der Waals surface area contributed by atoms with Gasteiger partial charge in [0.1, 0.15) is 17.4 Å². The van der Waals surface area contributed by atoms with Crippen LogP contribution in [0.5, 0.6) is 0 Å². The molecule has 1 fully saturated rings. The molecule has 2 heterocycles. The van der Waals surface area contributed by atoms with Gasteiger partial charge in [-0.15, -0.1) is 45.5 Å². The third-order valence-electron chi connectivity index (χ3n) is 5.09. The van der Waals surface area contributed by atoms with E-state index in [1.807, 2.05) is 29.9 Å². The van der Waals surface area contributed by atoms with E-state index in [0.29, 0.717) is 12.6 Å². The summed E-state index contributed by atoms with van der Waals surface area (Å²) in [5.41, 5.74) is 1.33. The van der Waals surface area contributed by atoms with Gasteiger partial charge >= 0.3 is 0 Å². The summed E-state index contributed by atoms with van der Waals surface area (Å²) in [6.07, 6.45) is 7.37. The highest BCUT2D eigenvalue weighted by Crippen LogP contribution is 2.27. The maximum absolute atomic E-state index is 4.87. The molecular weight excluding hydrogens is 473 g/mol. The van der Waals surface area contributed by atoms with E-state index in [0.717, 1.165) is 30.6 Å². The highest BCUT2D eigenvalue weighted by atomic mass is 127. The molecule has 0 unspecified atom stereocenters. The topological polar surface area (TPSA) is 71.2 Å². The summed E-state index contributed by atoms with van der Waals surface area (Å²) < 4.78 is 1.99. The minimum Gasteiger partial charge on any atom is -0.353 e. The lowest BCUT2D eigenvalue weighted by Crippen LogP contribution is -2.39. The number of guanidine groups is 1. The fourth-order valence-electron chi connectivity index (χ4n) is 3.17. The Hall–Kier alpha value is -1.23. The Kier molecular flexibility index (Phi) is 6.72. The fourth-order valence-corrected chi connectivity index (χ4v) is 4.38. The lowest BCUT2D eigenvalue weighted by atomic mass is 10.0. The number of thiazole rings is 1. The first kappa shape index (κ1) is 20.5. The molecule has 1 saturated carbocycles. The number of hydrogen-bond donors (Lipinski definition) is 1. The number of aryl methyl sites for hydroxylation is 3. The van der Waals surface area contributed by atoms with Crippen LogP contribution in [0.4, 0.5) is 0 Å². The van der Waals surface area contributed by atoms with E-state index < -0.39 is 0 Å². The Morgan fingerprint density at radius 3 is 2.74 bits per heavy atom. The van der Waals surface area contributed by atoms with Crippen LogP contribution in [0.1, 0.15) is 52.9 Å². The average molecular weight is 501 g/mol. The summed E-state index contributed by atoms with van der Waals surface area (Å²) >= 11 is 1.87.